The van der Waals surface area contributed by atoms with Gasteiger partial charge in [0.15, 0.2) is 6.20 Å². The number of pyridine rings is 1. The number of benzene rings is 2. The number of aromatic nitrogens is 1. The lowest BCUT2D eigenvalue weighted by atomic mass is 9.85. The van der Waals surface area contributed by atoms with Crippen molar-refractivity contribution in [2.75, 3.05) is 0 Å². The molecular formula is C27H34INS. The summed E-state index contributed by atoms with van der Waals surface area (Å²) in [7, 11) is 0. The SMILES string of the molecule is Cc1ccc(Sc2cc3ccccc3[n+](CCCCCC3CCCCC3)c2)cc1.[I-]. The molecule has 1 aliphatic carbocycles. The summed E-state index contributed by atoms with van der Waals surface area (Å²) >= 11 is 1.87. The van der Waals surface area contributed by atoms with Crippen molar-refractivity contribution < 1.29 is 28.5 Å². The Labute approximate surface area is 203 Å². The first-order valence-electron chi connectivity index (χ1n) is 11.4. The molecular weight excluding hydrogens is 497 g/mol. The van der Waals surface area contributed by atoms with E-state index in [-0.39, 0.29) is 24.0 Å². The fourth-order valence-electron chi connectivity index (χ4n) is 4.64. The molecule has 0 unspecified atom stereocenters. The highest BCUT2D eigenvalue weighted by Gasteiger charge is 2.14. The van der Waals surface area contributed by atoms with Gasteiger partial charge in [-0.05, 0) is 43.5 Å². The molecule has 0 saturated heterocycles. The number of halogens is 1. The van der Waals surface area contributed by atoms with Crippen molar-refractivity contribution in [3.05, 3.63) is 66.4 Å². The van der Waals surface area contributed by atoms with Crippen LogP contribution in [0.25, 0.3) is 10.9 Å². The molecule has 160 valence electrons. The van der Waals surface area contributed by atoms with Crippen LogP contribution < -0.4 is 28.5 Å². The van der Waals surface area contributed by atoms with E-state index in [9.17, 15) is 0 Å². The van der Waals surface area contributed by atoms with Crippen LogP contribution in [0.4, 0.5) is 0 Å². The first kappa shape index (κ1) is 23.6. The van der Waals surface area contributed by atoms with E-state index in [1.165, 1.54) is 84.0 Å². The second-order valence-electron chi connectivity index (χ2n) is 8.70. The smallest absolute Gasteiger partial charge is 0.212 e. The lowest BCUT2D eigenvalue weighted by Gasteiger charge is -2.21. The third-order valence-corrected chi connectivity index (χ3v) is 7.29. The molecule has 0 bridgehead atoms. The van der Waals surface area contributed by atoms with E-state index in [4.69, 9.17) is 0 Å². The molecule has 4 rings (SSSR count). The average Bonchev–Trinajstić information content (AvgIpc) is 2.76. The van der Waals surface area contributed by atoms with Gasteiger partial charge in [0.1, 0.15) is 6.54 Å². The van der Waals surface area contributed by atoms with Crippen LogP contribution in [-0.4, -0.2) is 0 Å². The van der Waals surface area contributed by atoms with Crippen LogP contribution in [0, 0.1) is 12.8 Å². The number of unbranched alkanes of at least 4 members (excludes halogenated alkanes) is 2. The molecule has 0 amide bonds. The Hall–Kier alpha value is -1.07. The number of fused-ring (bicyclic) bond motifs is 1. The highest BCUT2D eigenvalue weighted by atomic mass is 127. The first-order chi connectivity index (χ1) is 14.3. The van der Waals surface area contributed by atoms with Gasteiger partial charge in [0.05, 0.1) is 4.90 Å². The average molecular weight is 532 g/mol. The molecule has 0 radical (unpaired) electrons. The quantitative estimate of drug-likeness (QED) is 0.231. The number of para-hydroxylation sites is 1. The van der Waals surface area contributed by atoms with Crippen molar-refractivity contribution in [3.8, 4) is 0 Å². The van der Waals surface area contributed by atoms with Crippen molar-refractivity contribution in [3.63, 3.8) is 0 Å². The van der Waals surface area contributed by atoms with Crippen LogP contribution in [-0.2, 0) is 6.54 Å². The van der Waals surface area contributed by atoms with Crippen molar-refractivity contribution in [2.45, 2.75) is 81.0 Å². The first-order valence-corrected chi connectivity index (χ1v) is 12.3. The summed E-state index contributed by atoms with van der Waals surface area (Å²) in [6.07, 6.45) is 15.2. The lowest BCUT2D eigenvalue weighted by molar-refractivity contribution is -0.673. The van der Waals surface area contributed by atoms with Crippen LogP contribution in [0.15, 0.2) is 70.6 Å². The minimum absolute atomic E-state index is 0. The number of rotatable bonds is 8. The summed E-state index contributed by atoms with van der Waals surface area (Å²) in [5.74, 6) is 1.02. The van der Waals surface area contributed by atoms with E-state index in [1.54, 1.807) is 0 Å². The number of hydrogen-bond acceptors (Lipinski definition) is 1. The van der Waals surface area contributed by atoms with Gasteiger partial charge in [0.25, 0.3) is 0 Å². The van der Waals surface area contributed by atoms with Gasteiger partial charge in [0, 0.05) is 22.8 Å². The highest BCUT2D eigenvalue weighted by Crippen LogP contribution is 2.29. The molecule has 0 N–H and O–H groups in total. The summed E-state index contributed by atoms with van der Waals surface area (Å²) < 4.78 is 2.48. The zero-order chi connectivity index (χ0) is 19.9. The Balaban J connectivity index is 0.00000256. The Morgan fingerprint density at radius 3 is 2.43 bits per heavy atom. The molecule has 0 atom stereocenters. The molecule has 1 nitrogen and oxygen atoms in total. The molecule has 1 heterocycles. The fraction of sp³-hybridized carbons (Fsp3) is 0.444. The standard InChI is InChI=1S/C27H34NS.HI/c1-22-15-17-25(18-16-22)29-26-20-24-13-7-8-14-27(24)28(21-26)19-9-3-6-12-23-10-4-2-5-11-23;/h7-8,13-18,20-21,23H,2-6,9-12,19H2,1H3;1H/q+1;/p-1. The van der Waals surface area contributed by atoms with Gasteiger partial charge in [-0.15, -0.1) is 0 Å². The molecule has 1 aromatic heterocycles. The molecule has 0 aliphatic heterocycles. The predicted octanol–water partition coefficient (Wildman–Crippen LogP) is 4.73. The van der Waals surface area contributed by atoms with Crippen molar-refractivity contribution in [1.29, 1.82) is 0 Å². The molecule has 30 heavy (non-hydrogen) atoms. The van der Waals surface area contributed by atoms with E-state index in [0.717, 1.165) is 12.5 Å². The summed E-state index contributed by atoms with van der Waals surface area (Å²) in [6.45, 7) is 3.26. The Morgan fingerprint density at radius 1 is 0.867 bits per heavy atom. The second-order valence-corrected chi connectivity index (χ2v) is 9.84. The Bertz CT molecular complexity index is 916. The Kier molecular flexibility index (Phi) is 9.51. The largest absolute Gasteiger partial charge is 1.00 e. The maximum Gasteiger partial charge on any atom is 0.212 e. The number of aryl methyl sites for hydroxylation is 2. The second kappa shape index (κ2) is 12.1. The number of hydrogen-bond donors (Lipinski definition) is 0. The molecule has 1 fully saturated rings. The third-order valence-electron chi connectivity index (χ3n) is 6.32. The van der Waals surface area contributed by atoms with Gasteiger partial charge in [-0.1, -0.05) is 86.5 Å². The molecule has 1 aliphatic rings. The van der Waals surface area contributed by atoms with Gasteiger partial charge in [-0.25, -0.2) is 0 Å². The normalized spacial score (nSPS) is 14.6. The summed E-state index contributed by atoms with van der Waals surface area (Å²) in [5, 5.41) is 1.34. The molecule has 3 heteroatoms. The third kappa shape index (κ3) is 6.71. The monoisotopic (exact) mass is 531 g/mol. The van der Waals surface area contributed by atoms with Gasteiger partial charge in [-0.3, -0.25) is 0 Å². The van der Waals surface area contributed by atoms with Crippen LogP contribution in [0.3, 0.4) is 0 Å². The minimum atomic E-state index is 0. The van der Waals surface area contributed by atoms with Crippen molar-refractivity contribution in [1.82, 2.24) is 0 Å². The number of nitrogens with zero attached hydrogens (tertiary/aromatic N) is 1. The molecule has 3 aromatic rings. The van der Waals surface area contributed by atoms with Crippen molar-refractivity contribution in [2.24, 2.45) is 5.92 Å². The van der Waals surface area contributed by atoms with Crippen LogP contribution >= 0.6 is 11.8 Å². The summed E-state index contributed by atoms with van der Waals surface area (Å²) in [5.41, 5.74) is 2.67. The fourth-order valence-corrected chi connectivity index (χ4v) is 5.55. The van der Waals surface area contributed by atoms with E-state index >= 15 is 0 Å². The predicted molar refractivity (Wildman–Crippen MR) is 124 cm³/mol. The topological polar surface area (TPSA) is 3.88 Å². The highest BCUT2D eigenvalue weighted by molar-refractivity contribution is 7.99. The van der Waals surface area contributed by atoms with E-state index in [2.05, 4.69) is 72.3 Å². The van der Waals surface area contributed by atoms with Gasteiger partial charge in [0.2, 0.25) is 5.52 Å². The lowest BCUT2D eigenvalue weighted by Crippen LogP contribution is -3.00. The Morgan fingerprint density at radius 2 is 1.63 bits per heavy atom. The maximum absolute atomic E-state index is 2.48. The summed E-state index contributed by atoms with van der Waals surface area (Å²) in [4.78, 5) is 2.64. The summed E-state index contributed by atoms with van der Waals surface area (Å²) in [6, 6.07) is 20.0. The van der Waals surface area contributed by atoms with Crippen LogP contribution in [0.1, 0.15) is 63.4 Å². The van der Waals surface area contributed by atoms with Crippen LogP contribution in [0.5, 0.6) is 0 Å². The van der Waals surface area contributed by atoms with E-state index < -0.39 is 0 Å². The minimum Gasteiger partial charge on any atom is -1.00 e. The van der Waals surface area contributed by atoms with Gasteiger partial charge >= 0.3 is 0 Å². The van der Waals surface area contributed by atoms with E-state index in [1.807, 2.05) is 11.8 Å². The van der Waals surface area contributed by atoms with E-state index in [0.29, 0.717) is 0 Å². The van der Waals surface area contributed by atoms with Gasteiger partial charge in [-0.2, -0.15) is 4.57 Å². The molecule has 0 spiro atoms. The zero-order valence-corrected chi connectivity index (χ0v) is 21.1. The molecule has 1 saturated carbocycles. The maximum atomic E-state index is 2.48. The zero-order valence-electron chi connectivity index (χ0n) is 18.2. The van der Waals surface area contributed by atoms with Crippen molar-refractivity contribution >= 4 is 22.7 Å². The molecule has 2 aromatic carbocycles. The van der Waals surface area contributed by atoms with Crippen LogP contribution in [0.2, 0.25) is 0 Å². The van der Waals surface area contributed by atoms with Gasteiger partial charge < -0.3 is 24.0 Å².